The van der Waals surface area contributed by atoms with Crippen LogP contribution in [0.25, 0.3) is 65.8 Å². The largest absolute Gasteiger partial charge is 0.456 e. The predicted molar refractivity (Wildman–Crippen MR) is 162 cm³/mol. The van der Waals surface area contributed by atoms with Gasteiger partial charge in [-0.15, -0.1) is 0 Å². The SMILES string of the molecule is CC(C)(O)C(C)(C)OBc1cc(-c2cccc3oc4ccccc4c23)cc2oc3cc4ccccc4cc3c12. The summed E-state index contributed by atoms with van der Waals surface area (Å²) >= 11 is 0. The van der Waals surface area contributed by atoms with Crippen molar-refractivity contribution in [3.8, 4) is 11.1 Å². The maximum atomic E-state index is 10.8. The Bertz CT molecular complexity index is 2040. The van der Waals surface area contributed by atoms with E-state index in [4.69, 9.17) is 13.5 Å². The fourth-order valence-electron chi connectivity index (χ4n) is 5.40. The minimum absolute atomic E-state index is 0.324. The molecule has 0 atom stereocenters. The Kier molecular flexibility index (Phi) is 5.22. The highest BCUT2D eigenvalue weighted by Gasteiger charge is 2.36. The lowest BCUT2D eigenvalue weighted by atomic mass is 9.79. The summed E-state index contributed by atoms with van der Waals surface area (Å²) in [5, 5.41) is 17.3. The first kappa shape index (κ1) is 24.0. The molecule has 0 aliphatic rings. The fourth-order valence-corrected chi connectivity index (χ4v) is 5.40. The molecule has 5 heteroatoms. The van der Waals surface area contributed by atoms with Gasteiger partial charge >= 0.3 is 7.48 Å². The topological polar surface area (TPSA) is 55.7 Å². The average Bonchev–Trinajstić information content (AvgIpc) is 3.47. The van der Waals surface area contributed by atoms with Gasteiger partial charge in [-0.25, -0.2) is 0 Å². The van der Waals surface area contributed by atoms with Crippen molar-refractivity contribution in [2.45, 2.75) is 38.9 Å². The van der Waals surface area contributed by atoms with E-state index in [9.17, 15) is 5.11 Å². The zero-order valence-electron chi connectivity index (χ0n) is 22.5. The van der Waals surface area contributed by atoms with E-state index in [0.717, 1.165) is 71.2 Å². The molecule has 0 bridgehead atoms. The molecule has 2 aromatic heterocycles. The number of aliphatic hydroxyl groups is 1. The number of furan rings is 2. The standard InChI is InChI=1S/C34H29BO4/c1-33(2,36)34(3,4)39-35-26-17-22(23-13-9-15-28-31(23)24-12-7-8-14-27(24)37-28)19-30-32(26)25-16-20-10-5-6-11-21(20)18-29(25)38-30/h5-19,35-36H,1-4H3. The second-order valence-electron chi connectivity index (χ2n) is 11.4. The van der Waals surface area contributed by atoms with E-state index in [1.165, 1.54) is 0 Å². The molecule has 0 aliphatic carbocycles. The van der Waals surface area contributed by atoms with Crippen molar-refractivity contribution in [2.24, 2.45) is 0 Å². The summed E-state index contributed by atoms with van der Waals surface area (Å²) in [5.74, 6) is 0. The van der Waals surface area contributed by atoms with Crippen molar-refractivity contribution in [2.75, 3.05) is 0 Å². The Morgan fingerprint density at radius 2 is 1.33 bits per heavy atom. The van der Waals surface area contributed by atoms with Gasteiger partial charge in [0.05, 0.1) is 11.2 Å². The van der Waals surface area contributed by atoms with Crippen LogP contribution in [0.5, 0.6) is 0 Å². The van der Waals surface area contributed by atoms with Crippen molar-refractivity contribution >= 4 is 67.6 Å². The summed E-state index contributed by atoms with van der Waals surface area (Å²) in [5.41, 5.74) is 4.72. The lowest BCUT2D eigenvalue weighted by Crippen LogP contribution is -2.49. The predicted octanol–water partition coefficient (Wildman–Crippen LogP) is 7.85. The maximum Gasteiger partial charge on any atom is 0.310 e. The Balaban J connectivity index is 1.50. The summed E-state index contributed by atoms with van der Waals surface area (Å²) in [6.45, 7) is 7.41. The third kappa shape index (κ3) is 3.84. The molecule has 0 spiro atoms. The van der Waals surface area contributed by atoms with Gasteiger partial charge in [0.15, 0.2) is 0 Å². The second-order valence-corrected chi connectivity index (χ2v) is 11.4. The number of fused-ring (bicyclic) bond motifs is 7. The van der Waals surface area contributed by atoms with Gasteiger partial charge in [-0.2, -0.15) is 0 Å². The minimum atomic E-state index is -1.01. The smallest absolute Gasteiger partial charge is 0.310 e. The number of para-hydroxylation sites is 1. The highest BCUT2D eigenvalue weighted by atomic mass is 16.5. The minimum Gasteiger partial charge on any atom is -0.456 e. The number of hydrogen-bond donors (Lipinski definition) is 1. The van der Waals surface area contributed by atoms with Crippen LogP contribution in [-0.2, 0) is 4.65 Å². The Morgan fingerprint density at radius 3 is 2.13 bits per heavy atom. The number of hydrogen-bond acceptors (Lipinski definition) is 4. The van der Waals surface area contributed by atoms with Crippen LogP contribution in [0.4, 0.5) is 0 Å². The first-order valence-corrected chi connectivity index (χ1v) is 13.3. The van der Waals surface area contributed by atoms with Crippen LogP contribution in [0.1, 0.15) is 27.7 Å². The van der Waals surface area contributed by atoms with Gasteiger partial charge in [-0.05, 0) is 85.4 Å². The van der Waals surface area contributed by atoms with Gasteiger partial charge < -0.3 is 18.6 Å². The van der Waals surface area contributed by atoms with E-state index in [1.54, 1.807) is 13.8 Å². The molecule has 39 heavy (non-hydrogen) atoms. The zero-order valence-corrected chi connectivity index (χ0v) is 22.5. The summed E-state index contributed by atoms with van der Waals surface area (Å²) in [6, 6.07) is 31.3. The van der Waals surface area contributed by atoms with Crippen LogP contribution in [0, 0.1) is 0 Å². The Hall–Kier alpha value is -4.06. The monoisotopic (exact) mass is 512 g/mol. The third-order valence-corrected chi connectivity index (χ3v) is 8.30. The first-order chi connectivity index (χ1) is 18.7. The molecule has 0 radical (unpaired) electrons. The summed E-state index contributed by atoms with van der Waals surface area (Å²) in [7, 11) is 0.324. The number of rotatable bonds is 5. The fraction of sp³-hybridized carbons (Fsp3) is 0.176. The third-order valence-electron chi connectivity index (χ3n) is 8.30. The van der Waals surface area contributed by atoms with Crippen molar-refractivity contribution in [3.05, 3.63) is 91.0 Å². The molecule has 0 unspecified atom stereocenters. The molecule has 4 nitrogen and oxygen atoms in total. The van der Waals surface area contributed by atoms with E-state index in [1.807, 2.05) is 50.2 Å². The molecule has 0 fully saturated rings. The summed E-state index contributed by atoms with van der Waals surface area (Å²) < 4.78 is 19.1. The van der Waals surface area contributed by atoms with Crippen LogP contribution < -0.4 is 5.46 Å². The van der Waals surface area contributed by atoms with Gasteiger partial charge in [0.1, 0.15) is 22.3 Å². The first-order valence-electron chi connectivity index (χ1n) is 13.3. The molecule has 192 valence electrons. The molecule has 1 N–H and O–H groups in total. The molecule has 0 saturated carbocycles. The molecule has 0 amide bonds. The molecule has 0 saturated heterocycles. The second kappa shape index (κ2) is 8.47. The molecular weight excluding hydrogens is 483 g/mol. The molecule has 2 heterocycles. The van der Waals surface area contributed by atoms with Gasteiger partial charge in [0, 0.05) is 21.5 Å². The quantitative estimate of drug-likeness (QED) is 0.239. The van der Waals surface area contributed by atoms with E-state index < -0.39 is 11.2 Å². The van der Waals surface area contributed by atoms with Crippen LogP contribution in [0.2, 0.25) is 0 Å². The van der Waals surface area contributed by atoms with Gasteiger partial charge in [0.25, 0.3) is 0 Å². The zero-order chi connectivity index (χ0) is 26.9. The van der Waals surface area contributed by atoms with Crippen LogP contribution in [0.15, 0.2) is 99.8 Å². The maximum absolute atomic E-state index is 10.8. The Morgan fingerprint density at radius 1 is 0.641 bits per heavy atom. The lowest BCUT2D eigenvalue weighted by Gasteiger charge is -2.37. The lowest BCUT2D eigenvalue weighted by molar-refractivity contribution is -0.0893. The van der Waals surface area contributed by atoms with Crippen molar-refractivity contribution in [3.63, 3.8) is 0 Å². The van der Waals surface area contributed by atoms with E-state index in [0.29, 0.717) is 7.48 Å². The van der Waals surface area contributed by atoms with E-state index in [2.05, 4.69) is 54.6 Å². The van der Waals surface area contributed by atoms with E-state index >= 15 is 0 Å². The highest BCUT2D eigenvalue weighted by molar-refractivity contribution is 6.53. The number of benzene rings is 5. The molecule has 7 aromatic rings. The van der Waals surface area contributed by atoms with Crippen molar-refractivity contribution < 1.29 is 18.6 Å². The molecule has 5 aromatic carbocycles. The van der Waals surface area contributed by atoms with Gasteiger partial charge in [0.2, 0.25) is 0 Å². The van der Waals surface area contributed by atoms with E-state index in [-0.39, 0.29) is 0 Å². The molecule has 7 rings (SSSR count). The molecule has 0 aliphatic heterocycles. The van der Waals surface area contributed by atoms with Gasteiger partial charge in [-0.1, -0.05) is 60.7 Å². The van der Waals surface area contributed by atoms with Crippen molar-refractivity contribution in [1.82, 2.24) is 0 Å². The Labute approximate surface area is 227 Å². The summed E-state index contributed by atoms with van der Waals surface area (Å²) in [6.07, 6.45) is 0. The van der Waals surface area contributed by atoms with Crippen LogP contribution in [-0.4, -0.2) is 23.8 Å². The summed E-state index contributed by atoms with van der Waals surface area (Å²) in [4.78, 5) is 0. The molecular formula is C34H29BO4. The highest BCUT2D eigenvalue weighted by Crippen LogP contribution is 2.39. The van der Waals surface area contributed by atoms with Gasteiger partial charge in [-0.3, -0.25) is 0 Å². The average molecular weight is 512 g/mol. The van der Waals surface area contributed by atoms with Crippen molar-refractivity contribution in [1.29, 1.82) is 0 Å². The van der Waals surface area contributed by atoms with Crippen LogP contribution in [0.3, 0.4) is 0 Å². The van der Waals surface area contributed by atoms with Crippen LogP contribution >= 0.6 is 0 Å². The normalized spacial score (nSPS) is 12.8.